The van der Waals surface area contributed by atoms with Crippen LogP contribution < -0.4 is 0 Å². The molecule has 0 bridgehead atoms. The molecule has 3 rings (SSSR count). The Kier molecular flexibility index (Phi) is 3.44. The summed E-state index contributed by atoms with van der Waals surface area (Å²) in [6.45, 7) is 1.98. The number of aryl methyl sites for hydroxylation is 1. The summed E-state index contributed by atoms with van der Waals surface area (Å²) in [4.78, 5) is 8.56. The maximum atomic E-state index is 5.90. The number of thioether (sulfide) groups is 1. The molecule has 0 amide bonds. The Bertz CT molecular complexity index is 710. The molecule has 0 N–H and O–H groups in total. The number of hydrogen-bond donors (Lipinski definition) is 0. The van der Waals surface area contributed by atoms with Crippen molar-refractivity contribution in [2.24, 2.45) is 0 Å². The summed E-state index contributed by atoms with van der Waals surface area (Å²) in [5, 5.41) is 5.04. The van der Waals surface area contributed by atoms with Gasteiger partial charge in [0.15, 0.2) is 11.4 Å². The fraction of sp³-hybridized carbons (Fsp3) is 0.250. The Hall–Kier alpha value is -1.53. The van der Waals surface area contributed by atoms with Gasteiger partial charge in [-0.2, -0.15) is 4.98 Å². The van der Waals surface area contributed by atoms with E-state index in [2.05, 4.69) is 15.1 Å². The molecule has 1 aromatic carbocycles. The maximum Gasteiger partial charge on any atom is 0.257 e. The number of oxazole rings is 1. The second-order valence-electron chi connectivity index (χ2n) is 3.84. The van der Waals surface area contributed by atoms with Crippen LogP contribution in [0.2, 0.25) is 5.02 Å². The number of aromatic nitrogens is 3. The molecule has 0 aliphatic rings. The Morgan fingerprint density at radius 3 is 3.00 bits per heavy atom. The smallest absolute Gasteiger partial charge is 0.257 e. The molecule has 0 aliphatic heterocycles. The van der Waals surface area contributed by atoms with Gasteiger partial charge in [0.2, 0.25) is 5.89 Å². The predicted octanol–water partition coefficient (Wildman–Crippen LogP) is 3.72. The van der Waals surface area contributed by atoms with E-state index in [1.807, 2.05) is 6.92 Å². The van der Waals surface area contributed by atoms with Crippen LogP contribution in [0.5, 0.6) is 0 Å². The lowest BCUT2D eigenvalue weighted by Crippen LogP contribution is -1.84. The third-order valence-electron chi connectivity index (χ3n) is 2.48. The van der Waals surface area contributed by atoms with Gasteiger partial charge in [0.1, 0.15) is 5.52 Å². The number of fused-ring (bicyclic) bond motifs is 1. The van der Waals surface area contributed by atoms with E-state index in [0.29, 0.717) is 33.3 Å². The van der Waals surface area contributed by atoms with E-state index in [0.717, 1.165) is 11.9 Å². The van der Waals surface area contributed by atoms with Crippen molar-refractivity contribution in [3.8, 4) is 0 Å². The molecule has 5 nitrogen and oxygen atoms in total. The molecule has 3 aromatic rings. The summed E-state index contributed by atoms with van der Waals surface area (Å²) in [5.41, 5.74) is 1.46. The van der Waals surface area contributed by atoms with Crippen molar-refractivity contribution >= 4 is 34.5 Å². The molecule has 2 aromatic heterocycles. The molecule has 0 unspecified atom stereocenters. The molecule has 0 spiro atoms. The third-order valence-corrected chi connectivity index (χ3v) is 3.52. The van der Waals surface area contributed by atoms with E-state index >= 15 is 0 Å². The Morgan fingerprint density at radius 2 is 2.21 bits per heavy atom. The molecule has 0 aliphatic carbocycles. The second kappa shape index (κ2) is 5.22. The van der Waals surface area contributed by atoms with Crippen molar-refractivity contribution in [2.45, 2.75) is 24.3 Å². The molecule has 0 fully saturated rings. The molecule has 98 valence electrons. The van der Waals surface area contributed by atoms with E-state index in [9.17, 15) is 0 Å². The highest BCUT2D eigenvalue weighted by molar-refractivity contribution is 7.98. The first-order valence-electron chi connectivity index (χ1n) is 5.75. The zero-order valence-corrected chi connectivity index (χ0v) is 11.7. The van der Waals surface area contributed by atoms with Crippen LogP contribution in [0, 0.1) is 0 Å². The van der Waals surface area contributed by atoms with Gasteiger partial charge in [-0.1, -0.05) is 35.4 Å². The highest BCUT2D eigenvalue weighted by Crippen LogP contribution is 2.27. The van der Waals surface area contributed by atoms with Gasteiger partial charge < -0.3 is 8.94 Å². The average Bonchev–Trinajstić information content (AvgIpc) is 3.01. The van der Waals surface area contributed by atoms with Gasteiger partial charge in [0, 0.05) is 11.4 Å². The molecular formula is C12H10ClN3O2S. The summed E-state index contributed by atoms with van der Waals surface area (Å²) in [7, 11) is 0. The van der Waals surface area contributed by atoms with Crippen molar-refractivity contribution in [2.75, 3.05) is 0 Å². The van der Waals surface area contributed by atoms with Gasteiger partial charge >= 0.3 is 0 Å². The maximum absolute atomic E-state index is 5.90. The molecule has 0 radical (unpaired) electrons. The summed E-state index contributed by atoms with van der Waals surface area (Å²) >= 11 is 7.31. The van der Waals surface area contributed by atoms with Crippen LogP contribution in [0.4, 0.5) is 0 Å². The minimum atomic E-state index is 0.535. The summed E-state index contributed by atoms with van der Waals surface area (Å²) in [5.74, 6) is 1.81. The SMILES string of the molecule is CCc1noc(CSc2nc3cc(Cl)ccc3o2)n1. The summed E-state index contributed by atoms with van der Waals surface area (Å²) in [6, 6.07) is 5.35. The first-order chi connectivity index (χ1) is 9.24. The van der Waals surface area contributed by atoms with Crippen LogP contribution >= 0.6 is 23.4 Å². The summed E-state index contributed by atoms with van der Waals surface area (Å²) in [6.07, 6.45) is 0.759. The molecule has 0 saturated carbocycles. The van der Waals surface area contributed by atoms with E-state index in [1.54, 1.807) is 18.2 Å². The quantitative estimate of drug-likeness (QED) is 0.684. The number of hydrogen-bond acceptors (Lipinski definition) is 6. The summed E-state index contributed by atoms with van der Waals surface area (Å²) < 4.78 is 10.7. The van der Waals surface area contributed by atoms with Gasteiger partial charge in [-0.25, -0.2) is 4.98 Å². The van der Waals surface area contributed by atoms with E-state index in [4.69, 9.17) is 20.5 Å². The lowest BCUT2D eigenvalue weighted by molar-refractivity contribution is 0.385. The average molecular weight is 296 g/mol. The molecule has 2 heterocycles. The highest BCUT2D eigenvalue weighted by Gasteiger charge is 2.10. The van der Waals surface area contributed by atoms with Crippen molar-refractivity contribution in [3.63, 3.8) is 0 Å². The lowest BCUT2D eigenvalue weighted by Gasteiger charge is -1.89. The topological polar surface area (TPSA) is 65.0 Å². The van der Waals surface area contributed by atoms with Crippen molar-refractivity contribution in [1.29, 1.82) is 0 Å². The highest BCUT2D eigenvalue weighted by atomic mass is 35.5. The molecule has 7 heteroatoms. The normalized spacial score (nSPS) is 11.3. The number of nitrogens with zero attached hydrogens (tertiary/aromatic N) is 3. The predicted molar refractivity (Wildman–Crippen MR) is 72.3 cm³/mol. The fourth-order valence-corrected chi connectivity index (χ4v) is 2.40. The van der Waals surface area contributed by atoms with Crippen LogP contribution in [-0.2, 0) is 12.2 Å². The van der Waals surface area contributed by atoms with Crippen LogP contribution in [0.1, 0.15) is 18.6 Å². The molecule has 0 saturated heterocycles. The van der Waals surface area contributed by atoms with Gasteiger partial charge in [0.05, 0.1) is 5.75 Å². The minimum absolute atomic E-state index is 0.535. The molecule has 19 heavy (non-hydrogen) atoms. The van der Waals surface area contributed by atoms with E-state index in [1.165, 1.54) is 11.8 Å². The van der Waals surface area contributed by atoms with Gasteiger partial charge in [-0.3, -0.25) is 0 Å². The van der Waals surface area contributed by atoms with Crippen LogP contribution in [-0.4, -0.2) is 15.1 Å². The number of rotatable bonds is 4. The number of halogens is 1. The van der Waals surface area contributed by atoms with Crippen molar-refractivity contribution in [3.05, 3.63) is 34.9 Å². The monoisotopic (exact) mass is 295 g/mol. The second-order valence-corrected chi connectivity index (χ2v) is 5.20. The van der Waals surface area contributed by atoms with Crippen molar-refractivity contribution in [1.82, 2.24) is 15.1 Å². The first kappa shape index (κ1) is 12.5. The Balaban J connectivity index is 1.74. The first-order valence-corrected chi connectivity index (χ1v) is 7.11. The zero-order valence-electron chi connectivity index (χ0n) is 10.1. The van der Waals surface area contributed by atoms with E-state index in [-0.39, 0.29) is 0 Å². The zero-order chi connectivity index (χ0) is 13.2. The Labute approximate surface area is 118 Å². The molecule has 0 atom stereocenters. The van der Waals surface area contributed by atoms with Gasteiger partial charge in [0.25, 0.3) is 5.22 Å². The standard InChI is InChI=1S/C12H10ClN3O2S/c1-2-10-15-11(18-16-10)6-19-12-14-8-5-7(13)3-4-9(8)17-12/h3-5H,2,6H2,1H3. The largest absolute Gasteiger partial charge is 0.431 e. The fourth-order valence-electron chi connectivity index (χ4n) is 1.56. The molecular weight excluding hydrogens is 286 g/mol. The van der Waals surface area contributed by atoms with Crippen LogP contribution in [0.25, 0.3) is 11.1 Å². The van der Waals surface area contributed by atoms with Crippen LogP contribution in [0.3, 0.4) is 0 Å². The van der Waals surface area contributed by atoms with Gasteiger partial charge in [-0.15, -0.1) is 0 Å². The Morgan fingerprint density at radius 1 is 1.32 bits per heavy atom. The number of benzene rings is 1. The third kappa shape index (κ3) is 2.74. The van der Waals surface area contributed by atoms with Crippen molar-refractivity contribution < 1.29 is 8.94 Å². The van der Waals surface area contributed by atoms with E-state index < -0.39 is 0 Å². The van der Waals surface area contributed by atoms with Crippen LogP contribution in [0.15, 0.2) is 32.4 Å². The minimum Gasteiger partial charge on any atom is -0.431 e. The van der Waals surface area contributed by atoms with Gasteiger partial charge in [-0.05, 0) is 18.2 Å². The lowest BCUT2D eigenvalue weighted by atomic mass is 10.3.